The largest absolute Gasteiger partial charge is 0.433 e. The third-order valence-corrected chi connectivity index (χ3v) is 4.65. The van der Waals surface area contributed by atoms with Crippen LogP contribution in [-0.2, 0) is 12.4 Å². The molecule has 0 radical (unpaired) electrons. The van der Waals surface area contributed by atoms with E-state index in [9.17, 15) is 26.3 Å². The summed E-state index contributed by atoms with van der Waals surface area (Å²) in [7, 11) is 0. The van der Waals surface area contributed by atoms with Gasteiger partial charge < -0.3 is 5.32 Å². The highest BCUT2D eigenvalue weighted by Gasteiger charge is 2.34. The van der Waals surface area contributed by atoms with Crippen LogP contribution in [-0.4, -0.2) is 24.5 Å². The monoisotopic (exact) mass is 464 g/mol. The maximum absolute atomic E-state index is 13.5. The van der Waals surface area contributed by atoms with Gasteiger partial charge in [0.2, 0.25) is 5.95 Å². The first-order valence-corrected chi connectivity index (χ1v) is 9.38. The van der Waals surface area contributed by atoms with Gasteiger partial charge in [-0.15, -0.1) is 0 Å². The van der Waals surface area contributed by atoms with Gasteiger partial charge in [0.25, 0.3) is 0 Å². The molecule has 0 saturated heterocycles. The van der Waals surface area contributed by atoms with Gasteiger partial charge in [-0.3, -0.25) is 4.57 Å². The number of imidazole rings is 1. The van der Waals surface area contributed by atoms with E-state index in [0.29, 0.717) is 23.4 Å². The van der Waals surface area contributed by atoms with Crippen molar-refractivity contribution in [2.24, 2.45) is 0 Å². The van der Waals surface area contributed by atoms with Gasteiger partial charge in [-0.1, -0.05) is 18.2 Å². The quantitative estimate of drug-likeness (QED) is 0.386. The summed E-state index contributed by atoms with van der Waals surface area (Å²) in [6.45, 7) is 1.60. The van der Waals surface area contributed by atoms with Gasteiger partial charge in [0.15, 0.2) is 11.5 Å². The number of benzene rings is 1. The highest BCUT2D eigenvalue weighted by atomic mass is 19.4. The molecule has 0 aliphatic rings. The van der Waals surface area contributed by atoms with E-state index in [0.717, 1.165) is 24.3 Å². The lowest BCUT2D eigenvalue weighted by Crippen LogP contribution is -2.13. The number of nitrogens with zero attached hydrogens (tertiary/aromatic N) is 5. The molecule has 0 saturated carbocycles. The van der Waals surface area contributed by atoms with Crippen molar-refractivity contribution in [1.29, 1.82) is 0 Å². The minimum atomic E-state index is -4.80. The van der Waals surface area contributed by atoms with Gasteiger partial charge in [0.1, 0.15) is 12.1 Å². The Hall–Kier alpha value is -3.96. The zero-order chi connectivity index (χ0) is 23.8. The summed E-state index contributed by atoms with van der Waals surface area (Å²) in [5, 5.41) is 2.95. The third-order valence-electron chi connectivity index (χ3n) is 4.65. The number of rotatable bonds is 4. The zero-order valence-corrected chi connectivity index (χ0v) is 16.8. The molecule has 6 nitrogen and oxygen atoms in total. The number of aromatic nitrogens is 5. The summed E-state index contributed by atoms with van der Waals surface area (Å²) in [6, 6.07) is 9.51. The molecule has 0 fully saturated rings. The van der Waals surface area contributed by atoms with E-state index in [1.54, 1.807) is 31.3 Å². The Bertz CT molecular complexity index is 1260. The number of nitrogens with one attached hydrogen (secondary N) is 1. The van der Waals surface area contributed by atoms with Crippen molar-refractivity contribution in [3.05, 3.63) is 78.0 Å². The van der Waals surface area contributed by atoms with E-state index < -0.39 is 23.6 Å². The van der Waals surface area contributed by atoms with E-state index >= 15 is 0 Å². The molecule has 0 aliphatic heterocycles. The summed E-state index contributed by atoms with van der Waals surface area (Å²) in [4.78, 5) is 16.0. The Kier molecular flexibility index (Phi) is 5.52. The van der Waals surface area contributed by atoms with Crippen LogP contribution in [0, 0.1) is 6.92 Å². The number of hydrogen-bond acceptors (Lipinski definition) is 5. The summed E-state index contributed by atoms with van der Waals surface area (Å²) in [5.41, 5.74) is -1.88. The van der Waals surface area contributed by atoms with Crippen molar-refractivity contribution in [1.82, 2.24) is 24.5 Å². The van der Waals surface area contributed by atoms with E-state index in [-0.39, 0.29) is 17.2 Å². The van der Waals surface area contributed by atoms with Crippen LogP contribution in [0.4, 0.5) is 38.0 Å². The summed E-state index contributed by atoms with van der Waals surface area (Å²) >= 11 is 0. The normalized spacial score (nSPS) is 12.1. The van der Waals surface area contributed by atoms with Crippen LogP contribution < -0.4 is 5.32 Å². The van der Waals surface area contributed by atoms with Crippen molar-refractivity contribution in [2.45, 2.75) is 19.3 Å². The van der Waals surface area contributed by atoms with Crippen molar-refractivity contribution in [3.63, 3.8) is 0 Å². The molecule has 0 amide bonds. The molecule has 3 heterocycles. The second-order valence-electron chi connectivity index (χ2n) is 6.90. The maximum Gasteiger partial charge on any atom is 0.433 e. The van der Waals surface area contributed by atoms with Gasteiger partial charge in [-0.05, 0) is 37.3 Å². The van der Waals surface area contributed by atoms with Gasteiger partial charge in [0.05, 0.1) is 17.0 Å². The first-order valence-electron chi connectivity index (χ1n) is 9.38. The lowest BCUT2D eigenvalue weighted by Gasteiger charge is -2.13. The molecule has 0 aliphatic carbocycles. The van der Waals surface area contributed by atoms with E-state index in [1.807, 2.05) is 0 Å². The minimum Gasteiger partial charge on any atom is -0.323 e. The highest BCUT2D eigenvalue weighted by molar-refractivity contribution is 5.61. The summed E-state index contributed by atoms with van der Waals surface area (Å²) in [5.74, 6) is 0.464. The second kappa shape index (κ2) is 8.19. The predicted molar refractivity (Wildman–Crippen MR) is 107 cm³/mol. The molecule has 0 spiro atoms. The smallest absolute Gasteiger partial charge is 0.323 e. The van der Waals surface area contributed by atoms with Crippen molar-refractivity contribution < 1.29 is 26.3 Å². The van der Waals surface area contributed by atoms with Gasteiger partial charge in [0, 0.05) is 11.8 Å². The molecular formula is C21H14F6N6. The van der Waals surface area contributed by atoms with Crippen LogP contribution >= 0.6 is 0 Å². The Morgan fingerprint density at radius 2 is 1.58 bits per heavy atom. The summed E-state index contributed by atoms with van der Waals surface area (Å²) < 4.78 is 80.3. The van der Waals surface area contributed by atoms with Gasteiger partial charge in [-0.2, -0.15) is 26.3 Å². The van der Waals surface area contributed by atoms with Crippen LogP contribution in [0.5, 0.6) is 0 Å². The SMILES string of the molecule is Cc1c(Nc2ccccn2)ncn1-c1nc(-c2ccc(C(F)(F)F)cc2)cc(C(F)(F)F)n1. The van der Waals surface area contributed by atoms with Crippen LogP contribution in [0.15, 0.2) is 61.1 Å². The van der Waals surface area contributed by atoms with Gasteiger partial charge >= 0.3 is 12.4 Å². The molecule has 4 aromatic rings. The summed E-state index contributed by atoms with van der Waals surface area (Å²) in [6.07, 6.45) is -6.58. The molecule has 1 aromatic carbocycles. The van der Waals surface area contributed by atoms with Crippen molar-refractivity contribution >= 4 is 11.6 Å². The van der Waals surface area contributed by atoms with Crippen LogP contribution in [0.3, 0.4) is 0 Å². The first-order chi connectivity index (χ1) is 15.5. The Morgan fingerprint density at radius 3 is 2.18 bits per heavy atom. The standard InChI is InChI=1S/C21H14F6N6/c1-12-18(32-17-4-2-3-9-28-17)29-11-33(12)19-30-15(10-16(31-19)21(25,26)27)13-5-7-14(8-6-13)20(22,23)24/h2-11H,1H3,(H,28,32). The highest BCUT2D eigenvalue weighted by Crippen LogP contribution is 2.33. The van der Waals surface area contributed by atoms with E-state index in [1.165, 1.54) is 10.9 Å². The molecule has 12 heteroatoms. The molecule has 0 bridgehead atoms. The molecule has 0 atom stereocenters. The number of halogens is 6. The van der Waals surface area contributed by atoms with Crippen molar-refractivity contribution in [3.8, 4) is 17.2 Å². The zero-order valence-electron chi connectivity index (χ0n) is 16.8. The number of anilines is 2. The Labute approximate surface area is 183 Å². The molecule has 0 unspecified atom stereocenters. The molecule has 33 heavy (non-hydrogen) atoms. The molecular weight excluding hydrogens is 450 g/mol. The van der Waals surface area contributed by atoms with Crippen LogP contribution in [0.2, 0.25) is 0 Å². The van der Waals surface area contributed by atoms with Crippen LogP contribution in [0.25, 0.3) is 17.2 Å². The fraction of sp³-hybridized carbons (Fsp3) is 0.143. The maximum atomic E-state index is 13.5. The topological polar surface area (TPSA) is 68.5 Å². The number of alkyl halides is 6. The Balaban J connectivity index is 1.77. The van der Waals surface area contributed by atoms with E-state index in [2.05, 4.69) is 25.3 Å². The molecule has 3 aromatic heterocycles. The van der Waals surface area contributed by atoms with Crippen LogP contribution in [0.1, 0.15) is 17.0 Å². The fourth-order valence-electron chi connectivity index (χ4n) is 2.96. The van der Waals surface area contributed by atoms with Crippen molar-refractivity contribution in [2.75, 3.05) is 5.32 Å². The predicted octanol–water partition coefficient (Wildman–Crippen LogP) is 5.81. The van der Waals surface area contributed by atoms with Gasteiger partial charge in [-0.25, -0.2) is 19.9 Å². The average molecular weight is 464 g/mol. The lowest BCUT2D eigenvalue weighted by atomic mass is 10.1. The molecule has 4 rings (SSSR count). The lowest BCUT2D eigenvalue weighted by molar-refractivity contribution is -0.141. The second-order valence-corrected chi connectivity index (χ2v) is 6.90. The Morgan fingerprint density at radius 1 is 0.848 bits per heavy atom. The third kappa shape index (κ3) is 4.78. The fourth-order valence-corrected chi connectivity index (χ4v) is 2.96. The molecule has 1 N–H and O–H groups in total. The molecule has 170 valence electrons. The average Bonchev–Trinajstić information content (AvgIpc) is 3.13. The first kappa shape index (κ1) is 22.2. The number of pyridine rings is 1. The number of hydrogen-bond donors (Lipinski definition) is 1. The minimum absolute atomic E-state index is 0.0711. The van der Waals surface area contributed by atoms with E-state index in [4.69, 9.17) is 0 Å².